The lowest BCUT2D eigenvalue weighted by atomic mass is 9.95. The number of nitrogens with one attached hydrogen (secondary N) is 2. The molecule has 0 aliphatic heterocycles. The van der Waals surface area contributed by atoms with Gasteiger partial charge in [-0.25, -0.2) is 14.4 Å². The summed E-state index contributed by atoms with van der Waals surface area (Å²) in [5.41, 5.74) is 4.91. The Morgan fingerprint density at radius 1 is 1.17 bits per heavy atom. The lowest BCUT2D eigenvalue weighted by Gasteiger charge is -2.18. The number of benzene rings is 2. The Balaban J connectivity index is 1.22. The molecule has 0 fully saturated rings. The Labute approximate surface area is 246 Å². The zero-order chi connectivity index (χ0) is 28.5. The van der Waals surface area contributed by atoms with E-state index in [1.54, 1.807) is 41.9 Å². The number of aliphatic hydroxyl groups is 1. The molecule has 8 nitrogen and oxygen atoms in total. The fraction of sp³-hybridized carbons (Fsp3) is 0.300. The summed E-state index contributed by atoms with van der Waals surface area (Å²) < 4.78 is 21.2. The Morgan fingerprint density at radius 2 is 2.05 bits per heavy atom. The molecule has 1 atom stereocenters. The summed E-state index contributed by atoms with van der Waals surface area (Å²) in [6.07, 6.45) is 4.58. The van der Waals surface area contributed by atoms with Crippen LogP contribution in [0.1, 0.15) is 30.7 Å². The lowest BCUT2D eigenvalue weighted by Crippen LogP contribution is -2.34. The Kier molecular flexibility index (Phi) is 7.90. The van der Waals surface area contributed by atoms with Crippen LogP contribution in [0.15, 0.2) is 55.0 Å². The first-order valence-corrected chi connectivity index (χ1v) is 14.7. The molecule has 0 bridgehead atoms. The quantitative estimate of drug-likeness (QED) is 0.180. The summed E-state index contributed by atoms with van der Waals surface area (Å²) in [5.74, 6) is 0.918. The predicted octanol–water partition coefficient (Wildman–Crippen LogP) is 6.13. The number of ether oxygens (including phenoxy) is 1. The number of fused-ring (bicyclic) bond motifs is 5. The van der Waals surface area contributed by atoms with Gasteiger partial charge in [0.05, 0.1) is 29.3 Å². The first-order chi connectivity index (χ1) is 19.9. The first kappa shape index (κ1) is 27.6. The van der Waals surface area contributed by atoms with E-state index in [2.05, 4.69) is 39.5 Å². The minimum Gasteiger partial charge on any atom is -0.487 e. The van der Waals surface area contributed by atoms with Crippen molar-refractivity contribution in [3.05, 3.63) is 82.6 Å². The van der Waals surface area contributed by atoms with Gasteiger partial charge in [0.15, 0.2) is 0 Å². The number of nitrogens with zero attached hydrogens (tertiary/aromatic N) is 4. The van der Waals surface area contributed by atoms with Crippen LogP contribution in [0, 0.1) is 5.82 Å². The van der Waals surface area contributed by atoms with Crippen molar-refractivity contribution >= 4 is 44.7 Å². The number of rotatable bonds is 10. The number of thiophene rings is 1. The van der Waals surface area contributed by atoms with Gasteiger partial charge in [0.2, 0.25) is 0 Å². The van der Waals surface area contributed by atoms with Crippen molar-refractivity contribution in [2.45, 2.75) is 52.0 Å². The minimum atomic E-state index is -0.517. The van der Waals surface area contributed by atoms with Gasteiger partial charge in [-0.15, -0.1) is 11.3 Å². The predicted molar refractivity (Wildman–Crippen MR) is 161 cm³/mol. The third kappa shape index (κ3) is 5.92. The maximum absolute atomic E-state index is 13.5. The number of anilines is 2. The minimum absolute atomic E-state index is 0.212. The zero-order valence-corrected chi connectivity index (χ0v) is 24.3. The van der Waals surface area contributed by atoms with E-state index in [1.807, 2.05) is 16.9 Å². The van der Waals surface area contributed by atoms with Crippen LogP contribution in [0.4, 0.5) is 15.9 Å². The maximum atomic E-state index is 13.5. The van der Waals surface area contributed by atoms with Gasteiger partial charge in [-0.2, -0.15) is 5.10 Å². The van der Waals surface area contributed by atoms with Crippen LogP contribution < -0.4 is 15.4 Å². The van der Waals surface area contributed by atoms with Gasteiger partial charge in [-0.3, -0.25) is 4.68 Å². The molecule has 1 aliphatic carbocycles. The van der Waals surface area contributed by atoms with E-state index in [0.717, 1.165) is 50.4 Å². The SMILES string of the molecule is CC(C)NC[C@@H](O)Cn1ncc2c1CCc1c-2sc2ncnc(Nc3ccc(OCc4cccc(F)c4)c(Cl)c3)c12. The molecule has 0 saturated carbocycles. The molecule has 3 heterocycles. The van der Waals surface area contributed by atoms with Crippen LogP contribution in [-0.4, -0.2) is 43.5 Å². The summed E-state index contributed by atoms with van der Waals surface area (Å²) in [4.78, 5) is 11.2. The second-order valence-corrected chi connectivity index (χ2v) is 11.8. The van der Waals surface area contributed by atoms with Gasteiger partial charge in [0, 0.05) is 34.4 Å². The molecular weight excluding hydrogens is 563 g/mol. The van der Waals surface area contributed by atoms with E-state index in [9.17, 15) is 9.50 Å². The van der Waals surface area contributed by atoms with Crippen LogP contribution >= 0.6 is 22.9 Å². The average molecular weight is 593 g/mol. The molecule has 6 rings (SSSR count). The normalized spacial score (nSPS) is 13.3. The molecule has 0 radical (unpaired) electrons. The van der Waals surface area contributed by atoms with Crippen LogP contribution in [0.3, 0.4) is 0 Å². The standard InChI is InChI=1S/C30H30ClFN6O2S/c1-17(2)33-12-21(39)14-38-25-8-7-22-27-29(34-16-35-30(27)41-28(22)23(25)13-36-38)37-20-6-9-26(24(31)11-20)40-15-18-4-3-5-19(32)10-18/h3-6,9-11,13,16-17,21,33,39H,7-8,12,14-15H2,1-2H3,(H,34,35,37)/t21-/m1/s1. The van der Waals surface area contributed by atoms with Gasteiger partial charge in [-0.05, 0) is 54.3 Å². The molecule has 3 aromatic heterocycles. The Morgan fingerprint density at radius 3 is 2.85 bits per heavy atom. The van der Waals surface area contributed by atoms with Gasteiger partial charge >= 0.3 is 0 Å². The second-order valence-electron chi connectivity index (χ2n) is 10.4. The van der Waals surface area contributed by atoms with E-state index in [1.165, 1.54) is 17.7 Å². The van der Waals surface area contributed by atoms with E-state index in [0.29, 0.717) is 35.7 Å². The lowest BCUT2D eigenvalue weighted by molar-refractivity contribution is 0.143. The molecule has 0 amide bonds. The van der Waals surface area contributed by atoms with Crippen LogP contribution in [0.25, 0.3) is 20.7 Å². The third-order valence-electron chi connectivity index (χ3n) is 7.02. The zero-order valence-electron chi connectivity index (χ0n) is 22.7. The van der Waals surface area contributed by atoms with Crippen molar-refractivity contribution in [2.75, 3.05) is 11.9 Å². The Hall–Kier alpha value is -3.57. The van der Waals surface area contributed by atoms with Crippen LogP contribution in [0.5, 0.6) is 5.75 Å². The highest BCUT2D eigenvalue weighted by Gasteiger charge is 2.27. The summed E-state index contributed by atoms with van der Waals surface area (Å²) in [6.45, 7) is 5.31. The number of hydrogen-bond acceptors (Lipinski definition) is 8. The van der Waals surface area contributed by atoms with Gasteiger partial charge < -0.3 is 20.5 Å². The topological polar surface area (TPSA) is 97.1 Å². The molecular formula is C30H30ClFN6O2S. The Bertz CT molecular complexity index is 1700. The number of hydrogen-bond donors (Lipinski definition) is 3. The highest BCUT2D eigenvalue weighted by Crippen LogP contribution is 2.45. The monoisotopic (exact) mass is 592 g/mol. The number of halogens is 2. The molecule has 3 N–H and O–H groups in total. The molecule has 0 saturated heterocycles. The van der Waals surface area contributed by atoms with Crippen molar-refractivity contribution in [2.24, 2.45) is 0 Å². The van der Waals surface area contributed by atoms with Crippen molar-refractivity contribution in [3.8, 4) is 16.2 Å². The summed E-state index contributed by atoms with van der Waals surface area (Å²) >= 11 is 8.17. The van der Waals surface area contributed by atoms with Crippen molar-refractivity contribution in [1.82, 2.24) is 25.1 Å². The maximum Gasteiger partial charge on any atom is 0.142 e. The van der Waals surface area contributed by atoms with Crippen LogP contribution in [0.2, 0.25) is 5.02 Å². The van der Waals surface area contributed by atoms with Gasteiger partial charge in [0.1, 0.15) is 35.1 Å². The van der Waals surface area contributed by atoms with Crippen LogP contribution in [-0.2, 0) is 26.0 Å². The van der Waals surface area contributed by atoms with Crippen molar-refractivity contribution in [1.29, 1.82) is 0 Å². The largest absolute Gasteiger partial charge is 0.487 e. The van der Waals surface area contributed by atoms with E-state index < -0.39 is 6.10 Å². The fourth-order valence-corrected chi connectivity index (χ4v) is 6.52. The number of aliphatic hydroxyl groups excluding tert-OH is 1. The number of aryl methyl sites for hydroxylation is 1. The molecule has 11 heteroatoms. The van der Waals surface area contributed by atoms with Crippen molar-refractivity contribution in [3.63, 3.8) is 0 Å². The van der Waals surface area contributed by atoms with E-state index in [-0.39, 0.29) is 12.4 Å². The van der Waals surface area contributed by atoms with Gasteiger partial charge in [0.25, 0.3) is 0 Å². The smallest absolute Gasteiger partial charge is 0.142 e. The average Bonchev–Trinajstić information content (AvgIpc) is 3.53. The molecule has 1 aliphatic rings. The fourth-order valence-electron chi connectivity index (χ4n) is 5.06. The molecule has 0 unspecified atom stereocenters. The summed E-state index contributed by atoms with van der Waals surface area (Å²) in [6, 6.07) is 12.1. The molecule has 5 aromatic rings. The highest BCUT2D eigenvalue weighted by atomic mass is 35.5. The number of aromatic nitrogens is 4. The highest BCUT2D eigenvalue weighted by molar-refractivity contribution is 7.22. The first-order valence-electron chi connectivity index (χ1n) is 13.5. The molecule has 41 heavy (non-hydrogen) atoms. The van der Waals surface area contributed by atoms with E-state index in [4.69, 9.17) is 16.3 Å². The van der Waals surface area contributed by atoms with Crippen molar-refractivity contribution < 1.29 is 14.2 Å². The van der Waals surface area contributed by atoms with E-state index >= 15 is 0 Å². The summed E-state index contributed by atoms with van der Waals surface area (Å²) in [5, 5.41) is 23.3. The summed E-state index contributed by atoms with van der Waals surface area (Å²) in [7, 11) is 0. The molecule has 0 spiro atoms. The molecule has 2 aromatic carbocycles. The van der Waals surface area contributed by atoms with Gasteiger partial charge in [-0.1, -0.05) is 37.6 Å². The molecule has 212 valence electrons. The third-order valence-corrected chi connectivity index (χ3v) is 8.48. The second kappa shape index (κ2) is 11.7.